The molecule has 0 aliphatic carbocycles. The molecule has 18 heavy (non-hydrogen) atoms. The first-order valence-corrected chi connectivity index (χ1v) is 6.34. The van der Waals surface area contributed by atoms with E-state index in [9.17, 15) is 15.0 Å². The van der Waals surface area contributed by atoms with Gasteiger partial charge in [-0.2, -0.15) is 12.6 Å². The number of benzene rings is 1. The molecule has 0 spiro atoms. The number of esters is 1. The second-order valence-corrected chi connectivity index (χ2v) is 4.47. The van der Waals surface area contributed by atoms with Crippen molar-refractivity contribution in [2.75, 3.05) is 12.9 Å². The van der Waals surface area contributed by atoms with Crippen LogP contribution in [0.2, 0.25) is 0 Å². The Labute approximate surface area is 112 Å². The summed E-state index contributed by atoms with van der Waals surface area (Å²) in [5.74, 6) is 0.164. The molecular formula is C13H18O4S. The maximum Gasteiger partial charge on any atom is 0.309 e. The van der Waals surface area contributed by atoms with Gasteiger partial charge in [-0.1, -0.05) is 24.3 Å². The van der Waals surface area contributed by atoms with Crippen molar-refractivity contribution < 1.29 is 19.7 Å². The summed E-state index contributed by atoms with van der Waals surface area (Å²) in [5, 5.41) is 19.6. The zero-order chi connectivity index (χ0) is 13.5. The summed E-state index contributed by atoms with van der Waals surface area (Å²) in [6.45, 7) is 0. The first kappa shape index (κ1) is 15.0. The van der Waals surface area contributed by atoms with Crippen molar-refractivity contribution in [1.82, 2.24) is 0 Å². The third kappa shape index (κ3) is 4.33. The van der Waals surface area contributed by atoms with Gasteiger partial charge < -0.3 is 14.9 Å². The number of methoxy groups -OCH3 is 1. The fraction of sp³-hybridized carbons (Fsp3) is 0.462. The third-order valence-electron chi connectivity index (χ3n) is 2.66. The highest BCUT2D eigenvalue weighted by molar-refractivity contribution is 7.80. The van der Waals surface area contributed by atoms with Crippen LogP contribution in [0, 0.1) is 0 Å². The van der Waals surface area contributed by atoms with Crippen LogP contribution in [0.5, 0.6) is 0 Å². The molecule has 5 heteroatoms. The van der Waals surface area contributed by atoms with Crippen LogP contribution < -0.4 is 0 Å². The van der Waals surface area contributed by atoms with Crippen LogP contribution in [0.15, 0.2) is 24.3 Å². The fourth-order valence-corrected chi connectivity index (χ4v) is 1.90. The van der Waals surface area contributed by atoms with Crippen molar-refractivity contribution in [1.29, 1.82) is 0 Å². The summed E-state index contributed by atoms with van der Waals surface area (Å²) >= 11 is 4.01. The molecule has 0 radical (unpaired) electrons. The highest BCUT2D eigenvalue weighted by Gasteiger charge is 2.18. The van der Waals surface area contributed by atoms with Crippen molar-refractivity contribution in [2.45, 2.75) is 25.0 Å². The Morgan fingerprint density at radius 2 is 2.17 bits per heavy atom. The van der Waals surface area contributed by atoms with Gasteiger partial charge in [0.2, 0.25) is 0 Å². The lowest BCUT2D eigenvalue weighted by Crippen LogP contribution is -2.19. The maximum atomic E-state index is 11.2. The average Bonchev–Trinajstić information content (AvgIpc) is 2.38. The summed E-state index contributed by atoms with van der Waals surface area (Å²) in [5.41, 5.74) is 1.34. The van der Waals surface area contributed by atoms with Gasteiger partial charge in [-0.05, 0) is 23.3 Å². The first-order chi connectivity index (χ1) is 8.58. The molecule has 1 aromatic carbocycles. The van der Waals surface area contributed by atoms with Gasteiger partial charge in [0.15, 0.2) is 0 Å². The Morgan fingerprint density at radius 1 is 1.44 bits per heavy atom. The first-order valence-electron chi connectivity index (χ1n) is 5.71. The minimum Gasteiger partial charge on any atom is -0.469 e. The fourth-order valence-electron chi connectivity index (χ4n) is 1.64. The lowest BCUT2D eigenvalue weighted by molar-refractivity contribution is -0.139. The number of aliphatic hydroxyl groups is 2. The van der Waals surface area contributed by atoms with Crippen LogP contribution >= 0.6 is 12.6 Å². The van der Waals surface area contributed by atoms with Gasteiger partial charge in [0.25, 0.3) is 0 Å². The third-order valence-corrected chi connectivity index (χ3v) is 2.92. The number of hydrogen-bond donors (Lipinski definition) is 3. The monoisotopic (exact) mass is 270 g/mol. The molecule has 1 rings (SSSR count). The second-order valence-electron chi connectivity index (χ2n) is 4.02. The van der Waals surface area contributed by atoms with Gasteiger partial charge >= 0.3 is 5.97 Å². The molecule has 0 aliphatic rings. The number of thiol groups is 1. The normalized spacial score (nSPS) is 14.0. The zero-order valence-corrected chi connectivity index (χ0v) is 11.1. The van der Waals surface area contributed by atoms with E-state index < -0.39 is 12.2 Å². The Bertz CT molecular complexity index is 394. The summed E-state index contributed by atoms with van der Waals surface area (Å²) in [7, 11) is 1.33. The Balaban J connectivity index is 2.77. The van der Waals surface area contributed by atoms with Crippen molar-refractivity contribution in [3.05, 3.63) is 35.4 Å². The molecule has 0 aliphatic heterocycles. The quantitative estimate of drug-likeness (QED) is 0.535. The van der Waals surface area contributed by atoms with E-state index in [0.717, 1.165) is 5.56 Å². The molecule has 0 fully saturated rings. The van der Waals surface area contributed by atoms with Gasteiger partial charge in [0.1, 0.15) is 6.10 Å². The van der Waals surface area contributed by atoms with Crippen LogP contribution in [-0.4, -0.2) is 35.1 Å². The van der Waals surface area contributed by atoms with Gasteiger partial charge in [-0.15, -0.1) is 0 Å². The van der Waals surface area contributed by atoms with E-state index in [-0.39, 0.29) is 12.4 Å². The number of carbonyl (C=O) groups is 1. The molecule has 0 bridgehead atoms. The Kier molecular flexibility index (Phi) is 6.18. The number of aliphatic hydroxyl groups excluding tert-OH is 2. The Morgan fingerprint density at radius 3 is 2.78 bits per heavy atom. The Hall–Kier alpha value is -1.04. The minimum absolute atomic E-state index is 0.153. The predicted molar refractivity (Wildman–Crippen MR) is 71.6 cm³/mol. The standard InChI is InChI=1S/C13H18O4S/c1-17-12(15)8-9-3-2-4-10(7-9)13(16)11(14)5-6-18/h2-4,7,11,13-14,16,18H,5-6,8H2,1H3. The van der Waals surface area contributed by atoms with Gasteiger partial charge in [0.05, 0.1) is 19.6 Å². The molecule has 0 saturated carbocycles. The van der Waals surface area contributed by atoms with E-state index in [0.29, 0.717) is 17.7 Å². The largest absolute Gasteiger partial charge is 0.469 e. The summed E-state index contributed by atoms with van der Waals surface area (Å²) in [6.07, 6.45) is -1.25. The summed E-state index contributed by atoms with van der Waals surface area (Å²) in [6, 6.07) is 6.93. The van der Waals surface area contributed by atoms with Crippen molar-refractivity contribution in [3.63, 3.8) is 0 Å². The van der Waals surface area contributed by atoms with Gasteiger partial charge in [-0.3, -0.25) is 4.79 Å². The maximum absolute atomic E-state index is 11.2. The van der Waals surface area contributed by atoms with E-state index in [4.69, 9.17) is 0 Å². The average molecular weight is 270 g/mol. The summed E-state index contributed by atoms with van der Waals surface area (Å²) < 4.78 is 4.58. The molecule has 2 N–H and O–H groups in total. The second kappa shape index (κ2) is 7.41. The molecule has 0 saturated heterocycles. The molecule has 1 aromatic rings. The summed E-state index contributed by atoms with van der Waals surface area (Å²) in [4.78, 5) is 11.2. The smallest absolute Gasteiger partial charge is 0.309 e. The van der Waals surface area contributed by atoms with E-state index in [1.54, 1.807) is 24.3 Å². The lowest BCUT2D eigenvalue weighted by atomic mass is 9.99. The molecular weight excluding hydrogens is 252 g/mol. The molecule has 100 valence electrons. The van der Waals surface area contributed by atoms with Crippen molar-refractivity contribution in [2.24, 2.45) is 0 Å². The molecule has 4 nitrogen and oxygen atoms in total. The van der Waals surface area contributed by atoms with E-state index in [1.165, 1.54) is 7.11 Å². The zero-order valence-electron chi connectivity index (χ0n) is 10.2. The topological polar surface area (TPSA) is 66.8 Å². The molecule has 0 heterocycles. The van der Waals surface area contributed by atoms with Crippen LogP contribution in [0.3, 0.4) is 0 Å². The van der Waals surface area contributed by atoms with Gasteiger partial charge in [-0.25, -0.2) is 0 Å². The van der Waals surface area contributed by atoms with Crippen LogP contribution in [0.4, 0.5) is 0 Å². The molecule has 2 unspecified atom stereocenters. The highest BCUT2D eigenvalue weighted by Crippen LogP contribution is 2.20. The van der Waals surface area contributed by atoms with Crippen molar-refractivity contribution in [3.8, 4) is 0 Å². The van der Waals surface area contributed by atoms with Crippen LogP contribution in [-0.2, 0) is 16.0 Å². The number of carbonyl (C=O) groups excluding carboxylic acids is 1. The van der Waals surface area contributed by atoms with E-state index >= 15 is 0 Å². The van der Waals surface area contributed by atoms with Gasteiger partial charge in [0, 0.05) is 0 Å². The van der Waals surface area contributed by atoms with E-state index in [2.05, 4.69) is 17.4 Å². The molecule has 0 aromatic heterocycles. The lowest BCUT2D eigenvalue weighted by Gasteiger charge is -2.17. The van der Waals surface area contributed by atoms with Crippen LogP contribution in [0.1, 0.15) is 23.7 Å². The number of rotatable bonds is 6. The van der Waals surface area contributed by atoms with Crippen molar-refractivity contribution >= 4 is 18.6 Å². The SMILES string of the molecule is COC(=O)Cc1cccc(C(O)C(O)CCS)c1. The van der Waals surface area contributed by atoms with E-state index in [1.807, 2.05) is 0 Å². The predicted octanol–water partition coefficient (Wildman–Crippen LogP) is 1.12. The minimum atomic E-state index is -0.963. The number of hydrogen-bond acceptors (Lipinski definition) is 5. The number of ether oxygens (including phenoxy) is 1. The molecule has 0 amide bonds. The highest BCUT2D eigenvalue weighted by atomic mass is 32.1. The van der Waals surface area contributed by atoms with Crippen LogP contribution in [0.25, 0.3) is 0 Å². The molecule has 2 atom stereocenters.